The molecule has 0 unspecified atom stereocenters. The van der Waals surface area contributed by atoms with E-state index in [0.717, 1.165) is 75.5 Å². The first kappa shape index (κ1) is 34.7. The van der Waals surface area contributed by atoms with Gasteiger partial charge in [-0.25, -0.2) is 4.98 Å². The van der Waals surface area contributed by atoms with E-state index >= 15 is 0 Å². The normalized spacial score (nSPS) is 18.6. The molecule has 1 aromatic heterocycles. The van der Waals surface area contributed by atoms with Gasteiger partial charge in [-0.1, -0.05) is 42.5 Å². The topological polar surface area (TPSA) is 81.5 Å². The summed E-state index contributed by atoms with van der Waals surface area (Å²) >= 11 is 0. The zero-order chi connectivity index (χ0) is 34.1. The Labute approximate surface area is 290 Å². The van der Waals surface area contributed by atoms with E-state index in [9.17, 15) is 4.79 Å². The van der Waals surface area contributed by atoms with Crippen LogP contribution in [0, 0.1) is 0 Å². The van der Waals surface area contributed by atoms with Crippen LogP contribution in [0.4, 0.5) is 5.95 Å². The minimum Gasteiger partial charge on any atom is -0.496 e. The van der Waals surface area contributed by atoms with Gasteiger partial charge in [0.15, 0.2) is 0 Å². The molecule has 0 saturated carbocycles. The number of ether oxygens (including phenoxy) is 4. The molecule has 2 saturated heterocycles. The number of rotatable bonds is 15. The Morgan fingerprint density at radius 3 is 2.53 bits per heavy atom. The Kier molecular flexibility index (Phi) is 11.7. The molecule has 2 fully saturated rings. The maximum absolute atomic E-state index is 14.1. The van der Waals surface area contributed by atoms with Crippen molar-refractivity contribution in [1.29, 1.82) is 0 Å². The van der Waals surface area contributed by atoms with Crippen LogP contribution in [0.1, 0.15) is 42.1 Å². The maximum Gasteiger partial charge on any atom is 0.257 e. The van der Waals surface area contributed by atoms with Crippen LogP contribution in [0.2, 0.25) is 0 Å². The molecular weight excluding hydrogens is 618 g/mol. The summed E-state index contributed by atoms with van der Waals surface area (Å²) in [5, 5.41) is 0. The summed E-state index contributed by atoms with van der Waals surface area (Å²) in [4.78, 5) is 26.2. The Bertz CT molecular complexity index is 1660. The summed E-state index contributed by atoms with van der Waals surface area (Å²) in [6.45, 7) is 11.3. The summed E-state index contributed by atoms with van der Waals surface area (Å²) in [5.74, 6) is 2.21. The highest BCUT2D eigenvalue weighted by Gasteiger charge is 2.42. The molecule has 4 aromatic rings. The number of para-hydroxylation sites is 2. The molecule has 10 nitrogen and oxygen atoms in total. The molecule has 0 radical (unpaired) electrons. The fraction of sp³-hybridized carbons (Fsp3) is 0.487. The first-order valence-corrected chi connectivity index (χ1v) is 17.7. The zero-order valence-electron chi connectivity index (χ0n) is 29.3. The number of hydrogen-bond donors (Lipinski definition) is 0. The van der Waals surface area contributed by atoms with Crippen LogP contribution in [0.25, 0.3) is 11.0 Å². The monoisotopic (exact) mass is 669 g/mol. The first-order chi connectivity index (χ1) is 24.0. The van der Waals surface area contributed by atoms with Gasteiger partial charge in [0.05, 0.1) is 36.9 Å². The predicted octanol–water partition coefficient (Wildman–Crippen LogP) is 5.49. The van der Waals surface area contributed by atoms with E-state index in [1.165, 1.54) is 5.56 Å². The summed E-state index contributed by atoms with van der Waals surface area (Å²) < 4.78 is 24.6. The molecule has 0 bridgehead atoms. The van der Waals surface area contributed by atoms with Crippen molar-refractivity contribution in [1.82, 2.24) is 19.4 Å². The molecule has 6 rings (SSSR count). The van der Waals surface area contributed by atoms with E-state index in [-0.39, 0.29) is 11.3 Å². The Balaban J connectivity index is 1.15. The van der Waals surface area contributed by atoms with Gasteiger partial charge >= 0.3 is 0 Å². The third-order valence-electron chi connectivity index (χ3n) is 10.1. The molecular formula is C39H51N5O5. The number of carbonyl (C=O) groups is 1. The fourth-order valence-corrected chi connectivity index (χ4v) is 7.37. The molecule has 1 atom stereocenters. The molecule has 3 aromatic carbocycles. The van der Waals surface area contributed by atoms with Gasteiger partial charge in [-0.3, -0.25) is 4.79 Å². The van der Waals surface area contributed by atoms with Gasteiger partial charge in [-0.2, -0.15) is 0 Å². The minimum atomic E-state index is -0.129. The van der Waals surface area contributed by atoms with Crippen LogP contribution in [-0.2, 0) is 21.4 Å². The molecule has 49 heavy (non-hydrogen) atoms. The minimum absolute atomic E-state index is 0.0236. The van der Waals surface area contributed by atoms with Crippen molar-refractivity contribution in [2.24, 2.45) is 0 Å². The second-order valence-electron chi connectivity index (χ2n) is 13.0. The summed E-state index contributed by atoms with van der Waals surface area (Å²) in [5.41, 5.74) is 3.89. The van der Waals surface area contributed by atoms with Crippen LogP contribution >= 0.6 is 0 Å². The molecule has 0 N–H and O–H groups in total. The summed E-state index contributed by atoms with van der Waals surface area (Å²) in [7, 11) is 3.25. The van der Waals surface area contributed by atoms with Crippen molar-refractivity contribution in [3.05, 3.63) is 83.9 Å². The third-order valence-corrected chi connectivity index (χ3v) is 10.1. The average Bonchev–Trinajstić information content (AvgIpc) is 3.66. The first-order valence-electron chi connectivity index (χ1n) is 17.7. The lowest BCUT2D eigenvalue weighted by atomic mass is 9.76. The number of carbonyl (C=O) groups excluding carboxylic acids is 1. The Morgan fingerprint density at radius 1 is 0.878 bits per heavy atom. The number of aromatic nitrogens is 2. The lowest BCUT2D eigenvalue weighted by Crippen LogP contribution is -2.39. The van der Waals surface area contributed by atoms with E-state index < -0.39 is 0 Å². The van der Waals surface area contributed by atoms with Crippen LogP contribution < -0.4 is 14.4 Å². The number of amides is 1. The van der Waals surface area contributed by atoms with Gasteiger partial charge in [0.1, 0.15) is 18.1 Å². The predicted molar refractivity (Wildman–Crippen MR) is 193 cm³/mol. The molecule has 2 aliphatic rings. The highest BCUT2D eigenvalue weighted by atomic mass is 16.5. The van der Waals surface area contributed by atoms with Crippen LogP contribution in [-0.4, -0.2) is 112 Å². The van der Waals surface area contributed by atoms with Gasteiger partial charge in [0.2, 0.25) is 5.95 Å². The molecule has 2 aliphatic heterocycles. The standard InChI is InChI=1S/C39H51N5O5/c1-4-48-26-25-44-35-14-9-8-13-34(35)40-38(44)42-20-10-19-41(23-24-42)21-17-39(31-11-6-5-7-12-31)18-22-43(30-39)37(45)33-29-32(49-28-27-46-2)15-16-36(33)47-3/h5-9,11-16,29H,4,10,17-28,30H2,1-3H3/t39-/m0/s1. The number of benzene rings is 3. The van der Waals surface area contributed by atoms with E-state index in [1.807, 2.05) is 24.0 Å². The molecule has 262 valence electrons. The number of hydrogen-bond acceptors (Lipinski definition) is 8. The van der Waals surface area contributed by atoms with E-state index in [1.54, 1.807) is 20.3 Å². The number of fused-ring (bicyclic) bond motifs is 1. The highest BCUT2D eigenvalue weighted by molar-refractivity contribution is 5.97. The Hall–Kier alpha value is -4.12. The number of nitrogens with zero attached hydrogens (tertiary/aromatic N) is 5. The van der Waals surface area contributed by atoms with E-state index in [2.05, 4.69) is 69.0 Å². The van der Waals surface area contributed by atoms with Gasteiger partial charge in [-0.05, 0) is 75.2 Å². The SMILES string of the molecule is CCOCCn1c(N2CCCN(CC[C@]3(c4ccccc4)CCN(C(=O)c4cc(OCCOC)ccc4OC)C3)CC2)nc2ccccc21. The van der Waals surface area contributed by atoms with Gasteiger partial charge in [-0.15, -0.1) is 0 Å². The second kappa shape index (κ2) is 16.5. The summed E-state index contributed by atoms with van der Waals surface area (Å²) in [6.07, 6.45) is 2.96. The van der Waals surface area contributed by atoms with Gasteiger partial charge in [0.25, 0.3) is 5.91 Å². The maximum atomic E-state index is 14.1. The van der Waals surface area contributed by atoms with E-state index in [4.69, 9.17) is 23.9 Å². The van der Waals surface area contributed by atoms with Crippen molar-refractivity contribution in [2.45, 2.75) is 38.1 Å². The van der Waals surface area contributed by atoms with Crippen molar-refractivity contribution in [3.8, 4) is 11.5 Å². The largest absolute Gasteiger partial charge is 0.496 e. The molecule has 0 aliphatic carbocycles. The Morgan fingerprint density at radius 2 is 1.71 bits per heavy atom. The zero-order valence-corrected chi connectivity index (χ0v) is 29.3. The molecule has 3 heterocycles. The van der Waals surface area contributed by atoms with Gasteiger partial charge in [0, 0.05) is 58.4 Å². The number of methoxy groups -OCH3 is 2. The third kappa shape index (κ3) is 8.03. The number of likely N-dealkylation sites (tertiary alicyclic amines) is 1. The quantitative estimate of drug-likeness (QED) is 0.154. The van der Waals surface area contributed by atoms with Gasteiger partial charge < -0.3 is 38.2 Å². The van der Waals surface area contributed by atoms with Crippen molar-refractivity contribution in [2.75, 3.05) is 91.4 Å². The van der Waals surface area contributed by atoms with Crippen molar-refractivity contribution < 1.29 is 23.7 Å². The number of imidazole rings is 1. The lowest BCUT2D eigenvalue weighted by molar-refractivity contribution is 0.0776. The smallest absolute Gasteiger partial charge is 0.257 e. The molecule has 1 amide bonds. The molecule has 0 spiro atoms. The lowest BCUT2D eigenvalue weighted by Gasteiger charge is -2.33. The highest BCUT2D eigenvalue weighted by Crippen LogP contribution is 2.39. The molecule has 10 heteroatoms. The number of anilines is 1. The van der Waals surface area contributed by atoms with Crippen LogP contribution in [0.15, 0.2) is 72.8 Å². The van der Waals surface area contributed by atoms with E-state index in [0.29, 0.717) is 56.6 Å². The fourth-order valence-electron chi connectivity index (χ4n) is 7.37. The second-order valence-corrected chi connectivity index (χ2v) is 13.0. The average molecular weight is 670 g/mol. The summed E-state index contributed by atoms with van der Waals surface area (Å²) in [6, 6.07) is 24.6. The van der Waals surface area contributed by atoms with Crippen LogP contribution in [0.5, 0.6) is 11.5 Å². The van der Waals surface area contributed by atoms with Crippen molar-refractivity contribution >= 4 is 22.9 Å². The van der Waals surface area contributed by atoms with Crippen molar-refractivity contribution in [3.63, 3.8) is 0 Å². The van der Waals surface area contributed by atoms with Crippen LogP contribution in [0.3, 0.4) is 0 Å².